The van der Waals surface area contributed by atoms with Crippen LogP contribution in [-0.4, -0.2) is 55.3 Å². The second kappa shape index (κ2) is 17.2. The Labute approximate surface area is 330 Å². The molecule has 0 amide bonds. The van der Waals surface area contributed by atoms with Gasteiger partial charge >= 0.3 is 0 Å². The van der Waals surface area contributed by atoms with Crippen LogP contribution >= 0.6 is 0 Å². The van der Waals surface area contributed by atoms with Gasteiger partial charge in [0.25, 0.3) is 0 Å². The monoisotopic (exact) mass is 828 g/mol. The van der Waals surface area contributed by atoms with Crippen LogP contribution in [0, 0.1) is 0 Å². The van der Waals surface area contributed by atoms with E-state index in [1.807, 2.05) is 0 Å². The smallest absolute Gasteiger partial charge is 0.210 e. The number of aromatic hydroxyl groups is 2. The number of rotatable bonds is 16. The summed E-state index contributed by atoms with van der Waals surface area (Å²) in [4.78, 5) is 0.0816. The molecule has 6 rings (SSSR count). The Bertz CT molecular complexity index is 2680. The number of para-hydroxylation sites is 1. The zero-order valence-corrected chi connectivity index (χ0v) is 32.7. The maximum absolute atomic E-state index is 13.8. The fraction of sp³-hybridized carbons (Fsp3) is 0.0952. The molecule has 0 saturated carbocycles. The molecule has 0 fully saturated rings. The molecule has 2 N–H and O–H groups in total. The molecule has 15 heteroatoms. The third kappa shape index (κ3) is 9.40. The minimum Gasteiger partial charge on any atom is -0.508 e. The second-order valence-corrected chi connectivity index (χ2v) is 17.9. The second-order valence-electron chi connectivity index (χ2n) is 12.1. The van der Waals surface area contributed by atoms with Gasteiger partial charge in [-0.3, -0.25) is 0 Å². The summed E-state index contributed by atoms with van der Waals surface area (Å²) in [6.45, 7) is 2.10. The van der Waals surface area contributed by atoms with Gasteiger partial charge in [0.05, 0.1) is 31.1 Å². The summed E-state index contributed by atoms with van der Waals surface area (Å²) < 4.78 is 102. The lowest BCUT2D eigenvalue weighted by molar-refractivity contribution is 0.289. The Morgan fingerprint density at radius 1 is 0.456 bits per heavy atom. The summed E-state index contributed by atoms with van der Waals surface area (Å²) >= 11 is 0. The number of phenolic OH excluding ortho intramolecular Hbond substituents is 2. The van der Waals surface area contributed by atoms with Gasteiger partial charge in [-0.2, -0.15) is 0 Å². The highest BCUT2D eigenvalue weighted by Crippen LogP contribution is 2.38. The number of phenols is 2. The summed E-state index contributed by atoms with van der Waals surface area (Å²) in [5, 5.41) is 18.9. The van der Waals surface area contributed by atoms with Gasteiger partial charge in [-0.15, -0.1) is 0 Å². The number of hydrogen-bond acceptors (Lipinski definition) is 12. The first-order chi connectivity index (χ1) is 27.3. The van der Waals surface area contributed by atoms with E-state index in [9.17, 15) is 35.5 Å². The van der Waals surface area contributed by atoms with E-state index in [1.165, 1.54) is 127 Å². The summed E-state index contributed by atoms with van der Waals surface area (Å²) in [7, 11) is -11.7. The van der Waals surface area contributed by atoms with E-state index in [2.05, 4.69) is 0 Å². The van der Waals surface area contributed by atoms with Crippen LogP contribution in [0.2, 0.25) is 0 Å². The molecule has 12 nitrogen and oxygen atoms in total. The Morgan fingerprint density at radius 2 is 0.842 bits per heavy atom. The molecule has 6 aromatic carbocycles. The van der Waals surface area contributed by atoms with Crippen LogP contribution in [0.4, 0.5) is 0 Å². The van der Waals surface area contributed by atoms with E-state index in [4.69, 9.17) is 18.9 Å². The SMILES string of the molecule is CCOc1c(OCC=CCOc2ccc(S(=O)(=O)c3ccc(O)cc3)cc2)cccc1S(=O)(=O)c1ccc(Oc2ccc(S(=O)(=O)c3ccc(O)cc3)cc2)cc1. The first-order valence-corrected chi connectivity index (χ1v) is 21.7. The van der Waals surface area contributed by atoms with Crippen LogP contribution in [0.15, 0.2) is 181 Å². The van der Waals surface area contributed by atoms with E-state index in [0.717, 1.165) is 0 Å². The van der Waals surface area contributed by atoms with Crippen LogP contribution < -0.4 is 18.9 Å². The zero-order chi connectivity index (χ0) is 40.6. The van der Waals surface area contributed by atoms with Crippen molar-refractivity contribution in [1.82, 2.24) is 0 Å². The number of sulfone groups is 3. The van der Waals surface area contributed by atoms with Crippen molar-refractivity contribution < 1.29 is 54.4 Å². The van der Waals surface area contributed by atoms with Gasteiger partial charge in [0.15, 0.2) is 11.5 Å². The summed E-state index contributed by atoms with van der Waals surface area (Å²) in [5.74, 6) is 1.26. The van der Waals surface area contributed by atoms with Gasteiger partial charge in [0.1, 0.15) is 46.9 Å². The first-order valence-electron chi connectivity index (χ1n) is 17.3. The van der Waals surface area contributed by atoms with Crippen LogP contribution in [0.1, 0.15) is 6.92 Å². The van der Waals surface area contributed by atoms with Crippen molar-refractivity contribution in [2.24, 2.45) is 0 Å². The standard InChI is InChI=1S/C42H36O12S3/c1-2-51-42-40(53-29-4-3-28-52-32-12-22-37(23-13-32)55(45,46)35-18-8-30(43)9-19-35)6-5-7-41(42)57(49,50)39-26-16-34(17-27-39)54-33-14-24-38(25-15-33)56(47,48)36-20-10-31(44)11-21-36/h3-27,43-44H,2,28-29H2,1H3. The van der Waals surface area contributed by atoms with Crippen molar-refractivity contribution in [3.8, 4) is 40.2 Å². The molecule has 0 spiro atoms. The molecule has 0 bridgehead atoms. The maximum Gasteiger partial charge on any atom is 0.210 e. The van der Waals surface area contributed by atoms with Gasteiger partial charge in [-0.25, -0.2) is 25.3 Å². The molecule has 0 heterocycles. The Morgan fingerprint density at radius 3 is 1.28 bits per heavy atom. The molecule has 0 atom stereocenters. The van der Waals surface area contributed by atoms with Gasteiger partial charge in [0.2, 0.25) is 29.5 Å². The highest BCUT2D eigenvalue weighted by Gasteiger charge is 2.25. The van der Waals surface area contributed by atoms with Crippen LogP contribution in [0.3, 0.4) is 0 Å². The van der Waals surface area contributed by atoms with Crippen molar-refractivity contribution in [3.05, 3.63) is 152 Å². The third-order valence-electron chi connectivity index (χ3n) is 8.30. The lowest BCUT2D eigenvalue weighted by Crippen LogP contribution is -2.08. The van der Waals surface area contributed by atoms with Gasteiger partial charge in [-0.05, 0) is 153 Å². The molecular formula is C42H36O12S3. The fourth-order valence-electron chi connectivity index (χ4n) is 5.40. The van der Waals surface area contributed by atoms with Gasteiger partial charge < -0.3 is 29.2 Å². The molecule has 0 aliphatic rings. The Hall–Kier alpha value is -6.29. The predicted molar refractivity (Wildman–Crippen MR) is 210 cm³/mol. The molecule has 0 aliphatic carbocycles. The molecule has 6 aromatic rings. The summed E-state index contributed by atoms with van der Waals surface area (Å²) in [6.07, 6.45) is 3.38. The zero-order valence-electron chi connectivity index (χ0n) is 30.3. The largest absolute Gasteiger partial charge is 0.508 e. The lowest BCUT2D eigenvalue weighted by Gasteiger charge is -2.15. The van der Waals surface area contributed by atoms with Crippen LogP contribution in [0.25, 0.3) is 0 Å². The molecule has 57 heavy (non-hydrogen) atoms. The van der Waals surface area contributed by atoms with Crippen molar-refractivity contribution in [2.75, 3.05) is 19.8 Å². The van der Waals surface area contributed by atoms with Crippen molar-refractivity contribution in [3.63, 3.8) is 0 Å². The molecule has 294 valence electrons. The Kier molecular flexibility index (Phi) is 12.2. The van der Waals surface area contributed by atoms with Gasteiger partial charge in [-0.1, -0.05) is 6.07 Å². The van der Waals surface area contributed by atoms with Crippen LogP contribution in [-0.2, 0) is 29.5 Å². The molecule has 0 saturated heterocycles. The number of hydrogen-bond donors (Lipinski definition) is 2. The number of ether oxygens (including phenoxy) is 4. The highest BCUT2D eigenvalue weighted by atomic mass is 32.2. The maximum atomic E-state index is 13.8. The minimum atomic E-state index is -4.08. The van der Waals surface area contributed by atoms with E-state index in [-0.39, 0.29) is 72.2 Å². The lowest BCUT2D eigenvalue weighted by atomic mass is 10.3. The Balaban J connectivity index is 1.06. The fourth-order valence-corrected chi connectivity index (χ4v) is 9.33. The van der Waals surface area contributed by atoms with Gasteiger partial charge in [0, 0.05) is 0 Å². The molecule has 0 unspecified atom stereocenters. The quantitative estimate of drug-likeness (QED) is 0.0906. The van der Waals surface area contributed by atoms with E-state index < -0.39 is 29.5 Å². The minimum absolute atomic E-state index is 0.0219. The average Bonchev–Trinajstić information content (AvgIpc) is 3.20. The van der Waals surface area contributed by atoms with E-state index in [1.54, 1.807) is 31.2 Å². The average molecular weight is 829 g/mol. The normalized spacial score (nSPS) is 11.9. The van der Waals surface area contributed by atoms with Crippen LogP contribution in [0.5, 0.6) is 40.2 Å². The number of benzene rings is 6. The topological polar surface area (TPSA) is 180 Å². The first kappa shape index (κ1) is 40.4. The predicted octanol–water partition coefficient (Wildman–Crippen LogP) is 7.80. The van der Waals surface area contributed by atoms with Crippen molar-refractivity contribution >= 4 is 29.5 Å². The van der Waals surface area contributed by atoms with E-state index >= 15 is 0 Å². The van der Waals surface area contributed by atoms with Crippen molar-refractivity contribution in [1.29, 1.82) is 0 Å². The summed E-state index contributed by atoms with van der Waals surface area (Å²) in [6, 6.07) is 32.5. The summed E-state index contributed by atoms with van der Waals surface area (Å²) in [5.41, 5.74) is 0. The molecular weight excluding hydrogens is 793 g/mol. The molecule has 0 aliphatic heterocycles. The molecule has 0 aromatic heterocycles. The van der Waals surface area contributed by atoms with E-state index in [0.29, 0.717) is 17.2 Å². The van der Waals surface area contributed by atoms with Crippen molar-refractivity contribution in [2.45, 2.75) is 36.3 Å². The molecule has 0 radical (unpaired) electrons. The highest BCUT2D eigenvalue weighted by molar-refractivity contribution is 7.92. The third-order valence-corrected chi connectivity index (χ3v) is 13.7.